The summed E-state index contributed by atoms with van der Waals surface area (Å²) in [6.07, 6.45) is 0. The van der Waals surface area contributed by atoms with E-state index in [0.717, 1.165) is 30.1 Å². The monoisotopic (exact) mass is 750 g/mol. The fourth-order valence-corrected chi connectivity index (χ4v) is 7.99. The number of hydrogen-bond acceptors (Lipinski definition) is 5. The number of non-ortho nitro benzene ring substituents is 1. The van der Waals surface area contributed by atoms with Crippen molar-refractivity contribution in [2.24, 2.45) is 0 Å². The molecule has 0 atom stereocenters. The molecule has 246 valence electrons. The van der Waals surface area contributed by atoms with Crippen LogP contribution in [0.3, 0.4) is 0 Å². The van der Waals surface area contributed by atoms with Gasteiger partial charge >= 0.3 is 147 Å². The first-order valence-corrected chi connectivity index (χ1v) is 20.4. The van der Waals surface area contributed by atoms with Crippen LogP contribution in [0, 0.1) is 58.3 Å². The zero-order chi connectivity index (χ0) is 33.5. The summed E-state index contributed by atoms with van der Waals surface area (Å²) in [5.41, 5.74) is 13.3. The van der Waals surface area contributed by atoms with Gasteiger partial charge in [-0.15, -0.1) is 0 Å². The number of benzene rings is 4. The molecule has 7 nitrogen and oxygen atoms in total. The molecule has 4 aromatic carbocycles. The number of aliphatic hydroxyl groups is 1. The molecular weight excluding hydrogens is 708 g/mol. The second-order valence-corrected chi connectivity index (χ2v) is 17.3. The predicted molar refractivity (Wildman–Crippen MR) is 192 cm³/mol. The van der Waals surface area contributed by atoms with Gasteiger partial charge in [-0.25, -0.2) is 0 Å². The molecule has 0 spiro atoms. The number of hydrogen-bond donors (Lipinski definition) is 1. The van der Waals surface area contributed by atoms with Crippen molar-refractivity contribution in [3.63, 3.8) is 0 Å². The summed E-state index contributed by atoms with van der Waals surface area (Å²) in [6.45, 7) is 18.1. The maximum absolute atomic E-state index is 10.9. The van der Waals surface area contributed by atoms with Gasteiger partial charge in [-0.1, -0.05) is 35.4 Å². The summed E-state index contributed by atoms with van der Waals surface area (Å²) in [4.78, 5) is 15.3. The molecule has 10 heteroatoms. The molecule has 0 bridgehead atoms. The Morgan fingerprint density at radius 1 is 0.870 bits per heavy atom. The molecule has 5 rings (SSSR count). The number of nitro groups is 1. The van der Waals surface area contributed by atoms with Crippen LogP contribution in [-0.4, -0.2) is 34.5 Å². The average Bonchev–Trinajstić information content (AvgIpc) is 3.44. The van der Waals surface area contributed by atoms with Crippen molar-refractivity contribution in [3.8, 4) is 5.75 Å². The first-order chi connectivity index (χ1) is 21.9. The second-order valence-electron chi connectivity index (χ2n) is 11.5. The number of para-hydroxylation sites is 2. The standard InChI is InChI=1S/C21H27N2.C15H14N2O3.2ClH.Ru/c1-14-9-16(3)20(17(4)10-14)22-7-8-23(13-22)21-18(5)11-15(2)12-19(21)6;1-11-9-13(17(18)19)8-7-12(11)10-16-14-5-3-4-6-15(14)20-2;;;/h9-13H,7-8H2,1-6H3;1,3-9,16H,10H2,2H3;2*1H;/q-1;;;;+2/p-1. The van der Waals surface area contributed by atoms with Gasteiger partial charge in [-0.05, 0) is 63.8 Å². The van der Waals surface area contributed by atoms with E-state index >= 15 is 0 Å². The topological polar surface area (TPSA) is 74.4 Å². The molecule has 1 saturated heterocycles. The van der Waals surface area contributed by atoms with E-state index in [0.29, 0.717) is 12.1 Å². The predicted octanol–water partition coefficient (Wildman–Crippen LogP) is 9.14. The molecule has 0 amide bonds. The minimum Gasteiger partial charge on any atom is -0.502 e. The minimum atomic E-state index is -2.08. The fraction of sp³-hybridized carbons (Fsp3) is 0.278. The van der Waals surface area contributed by atoms with Crippen LogP contribution in [0.2, 0.25) is 0 Å². The zero-order valence-electron chi connectivity index (χ0n) is 27.3. The number of ether oxygens (including phenoxy) is 1. The molecule has 2 N–H and O–H groups in total. The van der Waals surface area contributed by atoms with E-state index in [1.807, 2.05) is 24.3 Å². The Labute approximate surface area is 285 Å². The smallest absolute Gasteiger partial charge is 0.0146 e. The number of aryl methyl sites for hydroxylation is 6. The van der Waals surface area contributed by atoms with Crippen LogP contribution in [0.15, 0.2) is 66.7 Å². The van der Waals surface area contributed by atoms with E-state index in [1.165, 1.54) is 56.9 Å². The molecule has 0 aromatic heterocycles. The van der Waals surface area contributed by atoms with Crippen LogP contribution >= 0.6 is 19.4 Å². The molecule has 1 heterocycles. The van der Waals surface area contributed by atoms with Crippen molar-refractivity contribution in [1.29, 1.82) is 0 Å². The third-order valence-electron chi connectivity index (χ3n) is 7.85. The first-order valence-electron chi connectivity index (χ1n) is 14.9. The van der Waals surface area contributed by atoms with Gasteiger partial charge in [0.25, 0.3) is 0 Å². The van der Waals surface area contributed by atoms with Gasteiger partial charge in [-0.2, -0.15) is 6.67 Å². The quantitative estimate of drug-likeness (QED) is 0.0486. The van der Waals surface area contributed by atoms with Crippen LogP contribution in [0.5, 0.6) is 5.75 Å². The van der Waals surface area contributed by atoms with Crippen molar-refractivity contribution < 1.29 is 23.2 Å². The molecule has 46 heavy (non-hydrogen) atoms. The van der Waals surface area contributed by atoms with E-state index in [4.69, 9.17) is 19.4 Å². The number of halogens is 2. The van der Waals surface area contributed by atoms with Crippen molar-refractivity contribution in [1.82, 2.24) is 0 Å². The van der Waals surface area contributed by atoms with Crippen LogP contribution in [0.4, 0.5) is 22.7 Å². The Kier molecular flexibility index (Phi) is 12.2. The van der Waals surface area contributed by atoms with Crippen molar-refractivity contribution in [3.05, 3.63) is 128 Å². The number of nitro benzene ring substituents is 1. The van der Waals surface area contributed by atoms with Gasteiger partial charge in [0.15, 0.2) is 0 Å². The maximum atomic E-state index is 10.9. The molecule has 1 aliphatic heterocycles. The van der Waals surface area contributed by atoms with Crippen molar-refractivity contribution in [2.75, 3.05) is 35.3 Å². The molecule has 0 aliphatic carbocycles. The Morgan fingerprint density at radius 2 is 1.39 bits per heavy atom. The van der Waals surface area contributed by atoms with E-state index < -0.39 is 18.4 Å². The third kappa shape index (κ3) is 8.87. The second kappa shape index (κ2) is 15.9. The van der Waals surface area contributed by atoms with E-state index in [2.05, 4.69) is 92.3 Å². The van der Waals surface area contributed by atoms with E-state index in [9.17, 15) is 10.1 Å². The van der Waals surface area contributed by atoms with Crippen LogP contribution in [0.1, 0.15) is 44.5 Å². The van der Waals surface area contributed by atoms with Crippen LogP contribution in [0.25, 0.3) is 0 Å². The number of nitrogens with zero attached hydrogens (tertiary/aromatic N) is 3. The maximum Gasteiger partial charge on any atom is 0.0146 e. The molecule has 0 saturated carbocycles. The zero-order valence-corrected chi connectivity index (χ0v) is 30.6. The van der Waals surface area contributed by atoms with Gasteiger partial charge < -0.3 is 9.80 Å². The number of nitrogens with one attached hydrogen (secondary N) is 1. The largest absolute Gasteiger partial charge is 0.502 e. The van der Waals surface area contributed by atoms with Crippen LogP contribution in [-0.2, 0) is 20.1 Å². The van der Waals surface area contributed by atoms with Gasteiger partial charge in [0.05, 0.1) is 0 Å². The molecule has 1 aliphatic rings. The normalized spacial score (nSPS) is 12.8. The Balaban J connectivity index is 0.000000209. The summed E-state index contributed by atoms with van der Waals surface area (Å²) >= 11 is -2.08. The van der Waals surface area contributed by atoms with E-state index in [1.54, 1.807) is 17.8 Å². The summed E-state index contributed by atoms with van der Waals surface area (Å²) < 4.78 is 5.91. The van der Waals surface area contributed by atoms with Crippen molar-refractivity contribution >= 4 is 46.7 Å². The SMILES string of the molecule is C[OH+]c1ccccc1NCc1ccc([N+](=O)[O-])cc1[CH]=[Ru]([Cl])[Cl].Cc1cc(C)c(N2[CH-]N(c3c(C)cc(C)cc3C)CC2)c(C)c1. The van der Waals surface area contributed by atoms with Crippen molar-refractivity contribution in [2.45, 2.75) is 48.1 Å². The molecule has 0 unspecified atom stereocenters. The van der Waals surface area contributed by atoms with Gasteiger partial charge in [0.1, 0.15) is 0 Å². The summed E-state index contributed by atoms with van der Waals surface area (Å²) in [5, 5.41) is 14.2. The molecule has 4 aromatic rings. The Hall–Kier alpha value is -3.45. The average molecular weight is 751 g/mol. The van der Waals surface area contributed by atoms with Gasteiger partial charge in [-0.3, -0.25) is 0 Å². The molecular formula is C36H42Cl2N4O3Ru. The number of rotatable bonds is 8. The van der Waals surface area contributed by atoms with E-state index in [-0.39, 0.29) is 5.69 Å². The number of aromatic hydroxyl groups is 1. The molecule has 1 fully saturated rings. The summed E-state index contributed by atoms with van der Waals surface area (Å²) in [5.74, 6) is 0.849. The van der Waals surface area contributed by atoms with Gasteiger partial charge in [0, 0.05) is 24.5 Å². The summed E-state index contributed by atoms with van der Waals surface area (Å²) in [7, 11) is 13.6. The first kappa shape index (κ1) is 35.4. The minimum absolute atomic E-state index is 0.0210. The third-order valence-corrected chi connectivity index (χ3v) is 9.68. The number of anilines is 3. The van der Waals surface area contributed by atoms with Gasteiger partial charge in [0.2, 0.25) is 0 Å². The molecule has 0 radical (unpaired) electrons. The Bertz CT molecular complexity index is 1650. The fourth-order valence-electron chi connectivity index (χ4n) is 6.13. The summed E-state index contributed by atoms with van der Waals surface area (Å²) in [6, 6.07) is 21.5. The Morgan fingerprint density at radius 3 is 1.87 bits per heavy atom. The van der Waals surface area contributed by atoms with Crippen LogP contribution < -0.4 is 15.1 Å².